The molecule has 1 aliphatic rings. The lowest BCUT2D eigenvalue weighted by Crippen LogP contribution is -2.46. The van der Waals surface area contributed by atoms with Crippen molar-refractivity contribution in [2.24, 2.45) is 0 Å². The Morgan fingerprint density at radius 2 is 1.97 bits per heavy atom. The number of benzene rings is 1. The molecule has 0 saturated carbocycles. The number of nitrogens with zero attached hydrogens (tertiary/aromatic N) is 5. The van der Waals surface area contributed by atoms with E-state index in [1.807, 2.05) is 48.3 Å². The van der Waals surface area contributed by atoms with E-state index in [0.29, 0.717) is 42.1 Å². The maximum Gasteiger partial charge on any atom is 0.330 e. The van der Waals surface area contributed by atoms with Crippen LogP contribution in [0.15, 0.2) is 47.5 Å². The molecule has 1 aliphatic heterocycles. The number of anilines is 2. The third kappa shape index (κ3) is 4.21. The summed E-state index contributed by atoms with van der Waals surface area (Å²) in [6.07, 6.45) is 3.57. The van der Waals surface area contributed by atoms with Gasteiger partial charge in [0.15, 0.2) is 0 Å². The third-order valence-corrected chi connectivity index (χ3v) is 6.51. The van der Waals surface area contributed by atoms with E-state index >= 15 is 4.39 Å². The Bertz CT molecular complexity index is 1470. The van der Waals surface area contributed by atoms with E-state index in [9.17, 15) is 9.59 Å². The van der Waals surface area contributed by atoms with Gasteiger partial charge in [0.2, 0.25) is 0 Å². The second-order valence-corrected chi connectivity index (χ2v) is 9.00. The molecule has 0 radical (unpaired) electrons. The molecule has 4 aromatic rings. The van der Waals surface area contributed by atoms with Gasteiger partial charge in [-0.05, 0) is 35.9 Å². The number of fused-ring (bicyclic) bond motifs is 3. The average molecular weight is 478 g/mol. The minimum atomic E-state index is -0.400. The zero-order valence-corrected chi connectivity index (χ0v) is 20.0. The van der Waals surface area contributed by atoms with Crippen LogP contribution in [0.2, 0.25) is 0 Å². The van der Waals surface area contributed by atoms with Gasteiger partial charge in [-0.15, -0.1) is 0 Å². The lowest BCUT2D eigenvalue weighted by atomic mass is 10.1. The molecule has 1 aromatic carbocycles. The van der Waals surface area contributed by atoms with E-state index < -0.39 is 5.82 Å². The quantitative estimate of drug-likeness (QED) is 0.458. The van der Waals surface area contributed by atoms with Crippen molar-refractivity contribution in [3.8, 4) is 0 Å². The summed E-state index contributed by atoms with van der Waals surface area (Å²) in [5.41, 5.74) is 4.57. The normalized spacial score (nSPS) is 14.6. The Morgan fingerprint density at radius 3 is 2.69 bits per heavy atom. The number of rotatable bonds is 5. The average Bonchev–Trinajstić information content (AvgIpc) is 3.34. The lowest BCUT2D eigenvalue weighted by molar-refractivity contribution is 0.0962. The number of amides is 1. The van der Waals surface area contributed by atoms with Crippen LogP contribution in [-0.2, 0) is 6.54 Å². The van der Waals surface area contributed by atoms with Crippen molar-refractivity contribution in [3.63, 3.8) is 0 Å². The van der Waals surface area contributed by atoms with Crippen LogP contribution < -0.4 is 20.8 Å². The Hall–Kier alpha value is -3.92. The van der Waals surface area contributed by atoms with Crippen molar-refractivity contribution in [2.75, 3.05) is 57.1 Å². The van der Waals surface area contributed by atoms with Crippen molar-refractivity contribution >= 4 is 33.8 Å². The summed E-state index contributed by atoms with van der Waals surface area (Å²) in [4.78, 5) is 38.0. The first-order valence-corrected chi connectivity index (χ1v) is 11.5. The Labute approximate surface area is 201 Å². The molecule has 1 fully saturated rings. The molecule has 0 aliphatic carbocycles. The molecule has 0 atom stereocenters. The Kier molecular flexibility index (Phi) is 5.89. The van der Waals surface area contributed by atoms with Crippen molar-refractivity contribution in [1.82, 2.24) is 24.6 Å². The maximum atomic E-state index is 15.2. The van der Waals surface area contributed by atoms with Crippen LogP contribution in [0.3, 0.4) is 0 Å². The van der Waals surface area contributed by atoms with Crippen molar-refractivity contribution in [2.45, 2.75) is 6.54 Å². The Morgan fingerprint density at radius 1 is 1.20 bits per heavy atom. The zero-order chi connectivity index (χ0) is 24.7. The van der Waals surface area contributed by atoms with E-state index in [-0.39, 0.29) is 11.6 Å². The summed E-state index contributed by atoms with van der Waals surface area (Å²) in [6.45, 7) is 3.48. The van der Waals surface area contributed by atoms with Gasteiger partial charge in [0, 0.05) is 71.8 Å². The topological polar surface area (TPSA) is 89.0 Å². The fraction of sp³-hybridized carbons (Fsp3) is 0.320. The van der Waals surface area contributed by atoms with Gasteiger partial charge in [-0.3, -0.25) is 19.1 Å². The highest BCUT2D eigenvalue weighted by atomic mass is 19.1. The predicted octanol–water partition coefficient (Wildman–Crippen LogP) is 2.06. The summed E-state index contributed by atoms with van der Waals surface area (Å²) >= 11 is 0. The molecule has 9 nitrogen and oxygen atoms in total. The van der Waals surface area contributed by atoms with Gasteiger partial charge in [-0.2, -0.15) is 0 Å². The Balaban J connectivity index is 1.33. The fourth-order valence-electron chi connectivity index (χ4n) is 4.72. The third-order valence-electron chi connectivity index (χ3n) is 6.51. The molecule has 35 heavy (non-hydrogen) atoms. The maximum absolute atomic E-state index is 15.2. The molecule has 1 amide bonds. The minimum absolute atomic E-state index is 0.189. The zero-order valence-electron chi connectivity index (χ0n) is 20.0. The van der Waals surface area contributed by atoms with Gasteiger partial charge in [0.05, 0.1) is 22.4 Å². The van der Waals surface area contributed by atoms with Crippen LogP contribution in [0.5, 0.6) is 0 Å². The molecule has 0 bridgehead atoms. The summed E-state index contributed by atoms with van der Waals surface area (Å²) in [7, 11) is 5.23. The number of aromatic amines is 1. The van der Waals surface area contributed by atoms with E-state index in [0.717, 1.165) is 29.7 Å². The van der Waals surface area contributed by atoms with Crippen LogP contribution in [0.1, 0.15) is 15.9 Å². The largest absolute Gasteiger partial charge is 0.376 e. The second kappa shape index (κ2) is 9.03. The van der Waals surface area contributed by atoms with Gasteiger partial charge >= 0.3 is 5.69 Å². The number of halogens is 1. The van der Waals surface area contributed by atoms with Gasteiger partial charge in [0.1, 0.15) is 11.3 Å². The van der Waals surface area contributed by atoms with Crippen LogP contribution in [0, 0.1) is 5.82 Å². The molecule has 182 valence electrons. The van der Waals surface area contributed by atoms with Crippen LogP contribution in [0.25, 0.3) is 16.6 Å². The summed E-state index contributed by atoms with van der Waals surface area (Å²) in [5, 5.41) is 2.55. The molecule has 10 heteroatoms. The number of piperazine rings is 1. The van der Waals surface area contributed by atoms with Gasteiger partial charge < -0.3 is 20.1 Å². The lowest BCUT2D eigenvalue weighted by Gasteiger charge is -2.38. The smallest absolute Gasteiger partial charge is 0.330 e. The first kappa shape index (κ1) is 22.9. The monoisotopic (exact) mass is 477 g/mol. The molecule has 4 heterocycles. The highest BCUT2D eigenvalue weighted by Crippen LogP contribution is 2.33. The molecule has 3 aromatic heterocycles. The molecule has 0 spiro atoms. The summed E-state index contributed by atoms with van der Waals surface area (Å²) in [6, 6.07) is 8.72. The van der Waals surface area contributed by atoms with Gasteiger partial charge in [-0.25, -0.2) is 9.18 Å². The molecule has 1 saturated heterocycles. The highest BCUT2D eigenvalue weighted by molar-refractivity contribution is 5.96. The SMILES string of the molecule is CNC(=O)c1cc(F)c(N2CCN(Cc3cnc4c(c3)[nH]c(=O)n3cccc43)CC2)c(N(C)C)c1. The van der Waals surface area contributed by atoms with Crippen molar-refractivity contribution in [1.29, 1.82) is 0 Å². The number of aromatic nitrogens is 3. The predicted molar refractivity (Wildman–Crippen MR) is 135 cm³/mol. The summed E-state index contributed by atoms with van der Waals surface area (Å²) < 4.78 is 16.7. The first-order chi connectivity index (χ1) is 16.9. The van der Waals surface area contributed by atoms with Gasteiger partial charge in [-0.1, -0.05) is 0 Å². The van der Waals surface area contributed by atoms with Crippen molar-refractivity contribution in [3.05, 3.63) is 70.2 Å². The number of nitrogens with one attached hydrogen (secondary N) is 2. The standard InChI is InChI=1S/C25H28FN7O2/c1-27-24(34)17-12-18(26)23(21(13-17)30(2)3)32-9-7-31(8-10-32)15-16-11-19-22(28-14-16)20-5-4-6-33(20)25(35)29-19/h4-6,11-14H,7-10,15H2,1-3H3,(H,27,34)(H,29,35). The number of pyridine rings is 1. The molecule has 2 N–H and O–H groups in total. The number of hydrogen-bond acceptors (Lipinski definition) is 6. The van der Waals surface area contributed by atoms with E-state index in [4.69, 9.17) is 0 Å². The van der Waals surface area contributed by atoms with Gasteiger partial charge in [0.25, 0.3) is 5.91 Å². The number of hydrogen-bond donors (Lipinski definition) is 2. The van der Waals surface area contributed by atoms with Crippen LogP contribution >= 0.6 is 0 Å². The number of H-pyrrole nitrogens is 1. The number of carbonyl (C=O) groups is 1. The second-order valence-electron chi connectivity index (χ2n) is 9.00. The minimum Gasteiger partial charge on any atom is -0.376 e. The van der Waals surface area contributed by atoms with Crippen LogP contribution in [-0.4, -0.2) is 72.5 Å². The molecular formula is C25H28FN7O2. The summed E-state index contributed by atoms with van der Waals surface area (Å²) in [5.74, 6) is -0.714. The van der Waals surface area contributed by atoms with Crippen LogP contribution in [0.4, 0.5) is 15.8 Å². The fourth-order valence-corrected chi connectivity index (χ4v) is 4.72. The highest BCUT2D eigenvalue weighted by Gasteiger charge is 2.25. The molecule has 5 rings (SSSR count). The molecule has 0 unspecified atom stereocenters. The van der Waals surface area contributed by atoms with Crippen molar-refractivity contribution < 1.29 is 9.18 Å². The number of carbonyl (C=O) groups excluding carboxylic acids is 1. The molecular weight excluding hydrogens is 449 g/mol. The van der Waals surface area contributed by atoms with E-state index in [1.165, 1.54) is 13.1 Å². The first-order valence-electron chi connectivity index (χ1n) is 11.5. The van der Waals surface area contributed by atoms with E-state index in [1.54, 1.807) is 16.7 Å². The van der Waals surface area contributed by atoms with E-state index in [2.05, 4.69) is 20.2 Å².